The van der Waals surface area contributed by atoms with Crippen molar-refractivity contribution in [2.24, 2.45) is 0 Å². The van der Waals surface area contributed by atoms with Crippen LogP contribution in [0.25, 0.3) is 0 Å². The second-order valence-corrected chi connectivity index (χ2v) is 5.92. The number of likely N-dealkylation sites (N-methyl/N-ethyl adjacent to an activating group) is 1. The lowest BCUT2D eigenvalue weighted by atomic mass is 10.1. The van der Waals surface area contributed by atoms with E-state index in [4.69, 9.17) is 23.2 Å². The minimum Gasteiger partial charge on any atom is -0.348 e. The van der Waals surface area contributed by atoms with Crippen LogP contribution in [-0.2, 0) is 9.59 Å². The Bertz CT molecular complexity index is 636. The number of carbonyl (C=O) groups is 3. The SMILES string of the molecule is C[C@@H](NC(=O)CN1C(=O)CN(C)C1=O)c1ccc(Cl)cc1Cl. The number of benzene rings is 1. The first-order chi connectivity index (χ1) is 10.3. The Morgan fingerprint density at radius 2 is 2.05 bits per heavy atom. The van der Waals surface area contributed by atoms with Crippen molar-refractivity contribution >= 4 is 41.0 Å². The summed E-state index contributed by atoms with van der Waals surface area (Å²) in [5.74, 6) is -0.824. The molecule has 1 saturated heterocycles. The van der Waals surface area contributed by atoms with Gasteiger partial charge in [0.05, 0.1) is 6.04 Å². The van der Waals surface area contributed by atoms with E-state index in [0.717, 1.165) is 4.90 Å². The van der Waals surface area contributed by atoms with Crippen molar-refractivity contribution in [3.05, 3.63) is 33.8 Å². The summed E-state index contributed by atoms with van der Waals surface area (Å²) >= 11 is 11.9. The molecule has 1 atom stereocenters. The normalized spacial score (nSPS) is 16.2. The number of carbonyl (C=O) groups excluding carboxylic acids is 3. The Morgan fingerprint density at radius 3 is 2.59 bits per heavy atom. The molecule has 1 fully saturated rings. The number of rotatable bonds is 4. The molecule has 1 N–H and O–H groups in total. The van der Waals surface area contributed by atoms with Crippen LogP contribution in [0.5, 0.6) is 0 Å². The monoisotopic (exact) mass is 343 g/mol. The molecule has 1 aliphatic rings. The number of hydrogen-bond donors (Lipinski definition) is 1. The molecule has 0 unspecified atom stereocenters. The van der Waals surface area contributed by atoms with Gasteiger partial charge in [-0.05, 0) is 24.6 Å². The molecule has 1 heterocycles. The van der Waals surface area contributed by atoms with Gasteiger partial charge in [-0.15, -0.1) is 0 Å². The summed E-state index contributed by atoms with van der Waals surface area (Å²) in [4.78, 5) is 37.5. The molecule has 2 rings (SSSR count). The van der Waals surface area contributed by atoms with Gasteiger partial charge in [0.1, 0.15) is 13.1 Å². The maximum absolute atomic E-state index is 12.0. The fraction of sp³-hybridized carbons (Fsp3) is 0.357. The summed E-state index contributed by atoms with van der Waals surface area (Å²) in [5, 5.41) is 3.65. The van der Waals surface area contributed by atoms with Crippen LogP contribution in [-0.4, -0.2) is 47.8 Å². The van der Waals surface area contributed by atoms with Crippen molar-refractivity contribution in [3.8, 4) is 0 Å². The minimum atomic E-state index is -0.475. The average molecular weight is 344 g/mol. The first kappa shape index (κ1) is 16.6. The standard InChI is InChI=1S/C14H15Cl2N3O3/c1-8(10-4-3-9(15)5-11(10)16)17-12(20)6-19-13(21)7-18(2)14(19)22/h3-5,8H,6-7H2,1-2H3,(H,17,20)/t8-/m1/s1. The zero-order chi connectivity index (χ0) is 16.4. The zero-order valence-corrected chi connectivity index (χ0v) is 13.6. The number of hydrogen-bond acceptors (Lipinski definition) is 3. The van der Waals surface area contributed by atoms with E-state index in [9.17, 15) is 14.4 Å². The van der Waals surface area contributed by atoms with Crippen LogP contribution in [0.2, 0.25) is 10.0 Å². The molecular weight excluding hydrogens is 329 g/mol. The van der Waals surface area contributed by atoms with E-state index in [0.29, 0.717) is 15.6 Å². The summed E-state index contributed by atoms with van der Waals surface area (Å²) < 4.78 is 0. The molecule has 6 nitrogen and oxygen atoms in total. The van der Waals surface area contributed by atoms with E-state index < -0.39 is 11.9 Å². The van der Waals surface area contributed by atoms with Gasteiger partial charge in [-0.25, -0.2) is 4.79 Å². The highest BCUT2D eigenvalue weighted by molar-refractivity contribution is 6.35. The van der Waals surface area contributed by atoms with Gasteiger partial charge in [0, 0.05) is 17.1 Å². The quantitative estimate of drug-likeness (QED) is 0.850. The lowest BCUT2D eigenvalue weighted by Gasteiger charge is -2.18. The van der Waals surface area contributed by atoms with Crippen LogP contribution in [0.3, 0.4) is 0 Å². The van der Waals surface area contributed by atoms with Gasteiger partial charge in [0.15, 0.2) is 0 Å². The summed E-state index contributed by atoms with van der Waals surface area (Å²) in [7, 11) is 1.51. The zero-order valence-electron chi connectivity index (χ0n) is 12.1. The number of imide groups is 1. The Balaban J connectivity index is 2.00. The van der Waals surface area contributed by atoms with E-state index in [1.807, 2.05) is 0 Å². The van der Waals surface area contributed by atoms with Crippen LogP contribution >= 0.6 is 23.2 Å². The molecule has 0 aliphatic carbocycles. The number of amides is 4. The van der Waals surface area contributed by atoms with Gasteiger partial charge in [0.2, 0.25) is 5.91 Å². The van der Waals surface area contributed by atoms with E-state index in [2.05, 4.69) is 5.32 Å². The van der Waals surface area contributed by atoms with Gasteiger partial charge in [0.25, 0.3) is 5.91 Å². The van der Waals surface area contributed by atoms with Crippen molar-refractivity contribution in [2.75, 3.05) is 20.1 Å². The topological polar surface area (TPSA) is 69.7 Å². The first-order valence-corrected chi connectivity index (χ1v) is 7.35. The van der Waals surface area contributed by atoms with E-state index in [1.54, 1.807) is 25.1 Å². The van der Waals surface area contributed by atoms with Crippen molar-refractivity contribution in [1.82, 2.24) is 15.1 Å². The largest absolute Gasteiger partial charge is 0.348 e. The molecule has 0 aromatic heterocycles. The molecule has 0 spiro atoms. The van der Waals surface area contributed by atoms with Gasteiger partial charge in [-0.2, -0.15) is 0 Å². The average Bonchev–Trinajstić information content (AvgIpc) is 2.65. The number of halogens is 2. The van der Waals surface area contributed by atoms with Crippen LogP contribution in [0.15, 0.2) is 18.2 Å². The molecule has 0 radical (unpaired) electrons. The van der Waals surface area contributed by atoms with Gasteiger partial charge in [-0.1, -0.05) is 29.3 Å². The second kappa shape index (κ2) is 6.54. The predicted molar refractivity (Wildman–Crippen MR) is 82.8 cm³/mol. The Kier molecular flexibility index (Phi) is 4.93. The van der Waals surface area contributed by atoms with Crippen molar-refractivity contribution in [3.63, 3.8) is 0 Å². The molecule has 0 saturated carbocycles. The van der Waals surface area contributed by atoms with Crippen LogP contribution in [0.4, 0.5) is 4.79 Å². The number of nitrogens with one attached hydrogen (secondary N) is 1. The smallest absolute Gasteiger partial charge is 0.327 e. The van der Waals surface area contributed by atoms with E-state index >= 15 is 0 Å². The molecule has 22 heavy (non-hydrogen) atoms. The maximum atomic E-state index is 12.0. The Morgan fingerprint density at radius 1 is 1.36 bits per heavy atom. The highest BCUT2D eigenvalue weighted by Gasteiger charge is 2.34. The third kappa shape index (κ3) is 3.51. The maximum Gasteiger partial charge on any atom is 0.327 e. The molecule has 1 aromatic rings. The highest BCUT2D eigenvalue weighted by atomic mass is 35.5. The molecule has 8 heteroatoms. The Hall–Kier alpha value is -1.79. The van der Waals surface area contributed by atoms with Crippen LogP contribution in [0, 0.1) is 0 Å². The molecule has 4 amide bonds. The van der Waals surface area contributed by atoms with Crippen molar-refractivity contribution in [1.29, 1.82) is 0 Å². The van der Waals surface area contributed by atoms with Gasteiger partial charge < -0.3 is 10.2 Å². The fourth-order valence-electron chi connectivity index (χ4n) is 2.19. The minimum absolute atomic E-state index is 0.00925. The lowest BCUT2D eigenvalue weighted by Crippen LogP contribution is -2.41. The molecular formula is C14H15Cl2N3O3. The summed E-state index contributed by atoms with van der Waals surface area (Å²) in [6, 6.07) is 4.13. The van der Waals surface area contributed by atoms with Crippen molar-refractivity contribution < 1.29 is 14.4 Å². The number of nitrogens with zero attached hydrogens (tertiary/aromatic N) is 2. The third-order valence-corrected chi connectivity index (χ3v) is 3.90. The molecule has 1 aliphatic heterocycles. The fourth-order valence-corrected chi connectivity index (χ4v) is 2.76. The highest BCUT2D eigenvalue weighted by Crippen LogP contribution is 2.26. The Labute approximate surface area is 138 Å². The lowest BCUT2D eigenvalue weighted by molar-refractivity contribution is -0.131. The first-order valence-electron chi connectivity index (χ1n) is 6.59. The molecule has 118 valence electrons. The van der Waals surface area contributed by atoms with Crippen LogP contribution in [0.1, 0.15) is 18.5 Å². The summed E-state index contributed by atoms with van der Waals surface area (Å²) in [6.45, 7) is 1.44. The molecule has 0 bridgehead atoms. The van der Waals surface area contributed by atoms with Gasteiger partial charge >= 0.3 is 6.03 Å². The third-order valence-electron chi connectivity index (χ3n) is 3.34. The number of urea groups is 1. The van der Waals surface area contributed by atoms with E-state index in [1.165, 1.54) is 11.9 Å². The molecule has 1 aromatic carbocycles. The second-order valence-electron chi connectivity index (χ2n) is 5.07. The summed E-state index contributed by atoms with van der Waals surface area (Å²) in [6.07, 6.45) is 0. The summed E-state index contributed by atoms with van der Waals surface area (Å²) in [5.41, 5.74) is 0.704. The van der Waals surface area contributed by atoms with Crippen molar-refractivity contribution in [2.45, 2.75) is 13.0 Å². The van der Waals surface area contributed by atoms with Crippen LogP contribution < -0.4 is 5.32 Å². The van der Waals surface area contributed by atoms with E-state index in [-0.39, 0.29) is 25.0 Å². The predicted octanol–water partition coefficient (Wildman–Crippen LogP) is 2.06. The van der Waals surface area contributed by atoms with Gasteiger partial charge in [-0.3, -0.25) is 14.5 Å².